The lowest BCUT2D eigenvalue weighted by atomic mass is 10.1. The number of aryl methyl sites for hydroxylation is 2. The second kappa shape index (κ2) is 5.47. The molecule has 0 aliphatic carbocycles. The third kappa shape index (κ3) is 2.50. The Morgan fingerprint density at radius 3 is 2.82 bits per heavy atom. The lowest BCUT2D eigenvalue weighted by molar-refractivity contribution is 0.278. The van der Waals surface area contributed by atoms with Crippen molar-refractivity contribution in [3.8, 4) is 6.01 Å². The maximum atomic E-state index is 12.2. The van der Waals surface area contributed by atoms with Crippen LogP contribution in [0.2, 0.25) is 0 Å². The van der Waals surface area contributed by atoms with Crippen molar-refractivity contribution in [2.75, 3.05) is 0 Å². The molecular formula is C14H13N3O5. The first-order chi connectivity index (χ1) is 10.6. The monoisotopic (exact) mass is 303 g/mol. The van der Waals surface area contributed by atoms with E-state index < -0.39 is 11.2 Å². The average molecular weight is 303 g/mol. The number of aromatic amines is 1. The third-order valence-corrected chi connectivity index (χ3v) is 3.27. The zero-order valence-electron chi connectivity index (χ0n) is 12.0. The number of aromatic nitrogens is 3. The van der Waals surface area contributed by atoms with E-state index in [2.05, 4.69) is 15.1 Å². The molecule has 0 fully saturated rings. The van der Waals surface area contributed by atoms with E-state index in [-0.39, 0.29) is 23.7 Å². The van der Waals surface area contributed by atoms with Gasteiger partial charge >= 0.3 is 5.63 Å². The average Bonchev–Trinajstić information content (AvgIpc) is 2.89. The fourth-order valence-corrected chi connectivity index (χ4v) is 2.07. The van der Waals surface area contributed by atoms with E-state index >= 15 is 0 Å². The lowest BCUT2D eigenvalue weighted by Crippen LogP contribution is -2.15. The molecule has 0 bridgehead atoms. The molecule has 0 atom stereocenters. The summed E-state index contributed by atoms with van der Waals surface area (Å²) in [5.41, 5.74) is 0.993. The molecular weight excluding hydrogens is 290 g/mol. The van der Waals surface area contributed by atoms with Crippen LogP contribution in [0.1, 0.15) is 23.7 Å². The van der Waals surface area contributed by atoms with Gasteiger partial charge in [0.15, 0.2) is 0 Å². The zero-order valence-corrected chi connectivity index (χ0v) is 12.0. The summed E-state index contributed by atoms with van der Waals surface area (Å²) in [6, 6.07) is 1.26. The van der Waals surface area contributed by atoms with Crippen LogP contribution in [0.15, 0.2) is 30.9 Å². The Kier molecular flexibility index (Phi) is 3.50. The number of rotatable bonds is 4. The van der Waals surface area contributed by atoms with Crippen LogP contribution < -0.4 is 15.9 Å². The van der Waals surface area contributed by atoms with E-state index in [0.717, 1.165) is 5.56 Å². The van der Waals surface area contributed by atoms with Crippen LogP contribution in [0.25, 0.3) is 11.1 Å². The number of hydrogen-bond acceptors (Lipinski definition) is 7. The number of nitrogens with one attached hydrogen (secondary N) is 1. The van der Waals surface area contributed by atoms with Crippen molar-refractivity contribution in [1.29, 1.82) is 0 Å². The predicted octanol–water partition coefficient (Wildman–Crippen LogP) is 1.31. The summed E-state index contributed by atoms with van der Waals surface area (Å²) in [5, 5.41) is 3.98. The second-order valence-corrected chi connectivity index (χ2v) is 4.71. The van der Waals surface area contributed by atoms with E-state index in [1.165, 1.54) is 12.3 Å². The van der Waals surface area contributed by atoms with Crippen LogP contribution in [0.4, 0.5) is 0 Å². The molecule has 3 heterocycles. The Morgan fingerprint density at radius 2 is 2.14 bits per heavy atom. The highest BCUT2D eigenvalue weighted by Crippen LogP contribution is 2.14. The normalized spacial score (nSPS) is 11.0. The van der Waals surface area contributed by atoms with Gasteiger partial charge in [0.2, 0.25) is 5.71 Å². The first kappa shape index (κ1) is 14.1. The van der Waals surface area contributed by atoms with Crippen LogP contribution in [-0.2, 0) is 13.0 Å². The van der Waals surface area contributed by atoms with Gasteiger partial charge in [-0.05, 0) is 18.9 Å². The Balaban J connectivity index is 2.00. The Labute approximate surface area is 123 Å². The Morgan fingerprint density at radius 1 is 1.32 bits per heavy atom. The van der Waals surface area contributed by atoms with Crippen LogP contribution in [0.3, 0.4) is 0 Å². The zero-order chi connectivity index (χ0) is 15.7. The smallest absolute Gasteiger partial charge is 0.337 e. The van der Waals surface area contributed by atoms with E-state index in [1.807, 2.05) is 6.92 Å². The number of H-pyrrole nitrogens is 1. The predicted molar refractivity (Wildman–Crippen MR) is 75.8 cm³/mol. The number of fused-ring (bicyclic) bond motifs is 1. The number of nitrogens with zero attached hydrogens (tertiary/aromatic N) is 2. The van der Waals surface area contributed by atoms with Crippen molar-refractivity contribution in [1.82, 2.24) is 15.1 Å². The number of ether oxygens (including phenoxy) is 1. The standard InChI is InChI=1S/C14H13N3O5/c1-3-8-4-10(18)22-13-11(8)12(19)15-14(16-13)20-5-9-6-21-17-7(9)2/h4,6H,3,5H2,1-2H3,(H,15,16,19). The second-order valence-electron chi connectivity index (χ2n) is 4.71. The van der Waals surface area contributed by atoms with Crippen LogP contribution >= 0.6 is 0 Å². The molecule has 0 saturated heterocycles. The fraction of sp³-hybridized carbons (Fsp3) is 0.286. The van der Waals surface area contributed by atoms with Crippen molar-refractivity contribution in [2.45, 2.75) is 26.9 Å². The SMILES string of the molecule is CCc1cc(=O)oc2nc(OCc3conc3C)[nH]c(=O)c12. The van der Waals surface area contributed by atoms with E-state index in [4.69, 9.17) is 13.7 Å². The van der Waals surface area contributed by atoms with Gasteiger partial charge in [-0.25, -0.2) is 4.79 Å². The first-order valence-corrected chi connectivity index (χ1v) is 6.68. The maximum absolute atomic E-state index is 12.2. The topological polar surface area (TPSA) is 111 Å². The fourth-order valence-electron chi connectivity index (χ4n) is 2.07. The van der Waals surface area contributed by atoms with E-state index in [1.54, 1.807) is 6.92 Å². The van der Waals surface area contributed by atoms with Crippen LogP contribution in [0.5, 0.6) is 6.01 Å². The van der Waals surface area contributed by atoms with Gasteiger partial charge in [0.25, 0.3) is 11.6 Å². The molecule has 3 rings (SSSR count). The van der Waals surface area contributed by atoms with Crippen molar-refractivity contribution < 1.29 is 13.7 Å². The number of hydrogen-bond donors (Lipinski definition) is 1. The molecule has 114 valence electrons. The summed E-state index contributed by atoms with van der Waals surface area (Å²) in [6.07, 6.45) is 1.97. The van der Waals surface area contributed by atoms with Crippen LogP contribution in [0, 0.1) is 6.92 Å². The molecule has 3 aromatic rings. The maximum Gasteiger partial charge on any atom is 0.337 e. The van der Waals surface area contributed by atoms with Gasteiger partial charge in [-0.2, -0.15) is 4.98 Å². The molecule has 0 aromatic carbocycles. The molecule has 0 spiro atoms. The molecule has 8 heteroatoms. The molecule has 3 aromatic heterocycles. The summed E-state index contributed by atoms with van der Waals surface area (Å²) in [4.78, 5) is 30.2. The van der Waals surface area contributed by atoms with E-state index in [0.29, 0.717) is 17.7 Å². The van der Waals surface area contributed by atoms with Gasteiger partial charge in [0.05, 0.1) is 11.3 Å². The van der Waals surface area contributed by atoms with Gasteiger partial charge in [0, 0.05) is 6.07 Å². The molecule has 0 unspecified atom stereocenters. The summed E-state index contributed by atoms with van der Waals surface area (Å²) < 4.78 is 15.2. The summed E-state index contributed by atoms with van der Waals surface area (Å²) in [5.74, 6) is 0. The highest BCUT2D eigenvalue weighted by molar-refractivity contribution is 5.75. The molecule has 0 saturated carbocycles. The van der Waals surface area contributed by atoms with Crippen molar-refractivity contribution in [3.05, 3.63) is 49.9 Å². The van der Waals surface area contributed by atoms with Crippen molar-refractivity contribution >= 4 is 11.1 Å². The van der Waals surface area contributed by atoms with Gasteiger partial charge in [-0.15, -0.1) is 0 Å². The molecule has 1 N–H and O–H groups in total. The van der Waals surface area contributed by atoms with Gasteiger partial charge in [0.1, 0.15) is 18.3 Å². The van der Waals surface area contributed by atoms with Crippen molar-refractivity contribution in [2.24, 2.45) is 0 Å². The Hall–Kier alpha value is -2.90. The summed E-state index contributed by atoms with van der Waals surface area (Å²) in [6.45, 7) is 3.74. The van der Waals surface area contributed by atoms with Crippen LogP contribution in [-0.4, -0.2) is 15.1 Å². The van der Waals surface area contributed by atoms with Gasteiger partial charge in [-0.1, -0.05) is 12.1 Å². The quantitative estimate of drug-likeness (QED) is 0.773. The summed E-state index contributed by atoms with van der Waals surface area (Å²) in [7, 11) is 0. The third-order valence-electron chi connectivity index (χ3n) is 3.27. The van der Waals surface area contributed by atoms with Gasteiger partial charge in [-0.3, -0.25) is 9.78 Å². The minimum Gasteiger partial charge on any atom is -0.460 e. The van der Waals surface area contributed by atoms with E-state index in [9.17, 15) is 9.59 Å². The summed E-state index contributed by atoms with van der Waals surface area (Å²) >= 11 is 0. The molecule has 22 heavy (non-hydrogen) atoms. The van der Waals surface area contributed by atoms with Crippen molar-refractivity contribution in [3.63, 3.8) is 0 Å². The Bertz CT molecular complexity index is 938. The molecule has 0 amide bonds. The van der Waals surface area contributed by atoms with Gasteiger partial charge < -0.3 is 13.7 Å². The molecule has 0 aliphatic heterocycles. The minimum absolute atomic E-state index is 0.0329. The molecule has 8 nitrogen and oxygen atoms in total. The first-order valence-electron chi connectivity index (χ1n) is 6.68. The minimum atomic E-state index is -0.553. The highest BCUT2D eigenvalue weighted by Gasteiger charge is 2.13. The molecule has 0 aliphatic rings. The molecule has 0 radical (unpaired) electrons. The highest BCUT2D eigenvalue weighted by atomic mass is 16.5. The largest absolute Gasteiger partial charge is 0.460 e. The lowest BCUT2D eigenvalue weighted by Gasteiger charge is -2.05.